The molecule has 1 aromatic rings. The molecule has 2 N–H and O–H groups in total. The van der Waals surface area contributed by atoms with Crippen LogP contribution in [0.15, 0.2) is 24.5 Å². The van der Waals surface area contributed by atoms with Crippen molar-refractivity contribution < 1.29 is 0 Å². The number of hydrogen-bond acceptors (Lipinski definition) is 4. The van der Waals surface area contributed by atoms with E-state index in [-0.39, 0.29) is 0 Å². The summed E-state index contributed by atoms with van der Waals surface area (Å²) >= 11 is 0. The molecule has 0 unspecified atom stereocenters. The van der Waals surface area contributed by atoms with E-state index in [0.717, 1.165) is 32.7 Å². The molecular weight excluding hydrogens is 212 g/mol. The lowest BCUT2D eigenvalue weighted by molar-refractivity contribution is 0.255. The van der Waals surface area contributed by atoms with Crippen molar-refractivity contribution in [3.8, 4) is 0 Å². The van der Waals surface area contributed by atoms with Gasteiger partial charge >= 0.3 is 0 Å². The van der Waals surface area contributed by atoms with Gasteiger partial charge in [-0.2, -0.15) is 0 Å². The standard InChI is InChI=1S/C13H22N4/c14-4-9-16-7-1-8-17(11-10-16)12-13-2-5-15-6-3-13/h2-3,5-6H,1,4,7-12,14H2. The summed E-state index contributed by atoms with van der Waals surface area (Å²) in [5, 5.41) is 0. The van der Waals surface area contributed by atoms with Gasteiger partial charge in [-0.25, -0.2) is 0 Å². The third-order valence-corrected chi connectivity index (χ3v) is 3.28. The van der Waals surface area contributed by atoms with Crippen molar-refractivity contribution in [2.75, 3.05) is 39.3 Å². The van der Waals surface area contributed by atoms with Gasteiger partial charge in [0.25, 0.3) is 0 Å². The summed E-state index contributed by atoms with van der Waals surface area (Å²) in [5.74, 6) is 0. The van der Waals surface area contributed by atoms with Crippen LogP contribution in [0.1, 0.15) is 12.0 Å². The summed E-state index contributed by atoms with van der Waals surface area (Å²) in [5.41, 5.74) is 6.96. The van der Waals surface area contributed by atoms with Gasteiger partial charge < -0.3 is 10.6 Å². The maximum absolute atomic E-state index is 5.61. The van der Waals surface area contributed by atoms with Gasteiger partial charge in [-0.1, -0.05) is 0 Å². The SMILES string of the molecule is NCCN1CCCN(Cc2ccncc2)CC1. The molecule has 4 nitrogen and oxygen atoms in total. The zero-order valence-electron chi connectivity index (χ0n) is 10.4. The second kappa shape index (κ2) is 6.69. The Labute approximate surface area is 103 Å². The van der Waals surface area contributed by atoms with Crippen molar-refractivity contribution in [2.24, 2.45) is 5.73 Å². The first-order valence-electron chi connectivity index (χ1n) is 6.42. The van der Waals surface area contributed by atoms with Crippen molar-refractivity contribution in [1.29, 1.82) is 0 Å². The molecule has 1 fully saturated rings. The molecule has 1 aliphatic heterocycles. The topological polar surface area (TPSA) is 45.4 Å². The average molecular weight is 234 g/mol. The van der Waals surface area contributed by atoms with Gasteiger partial charge in [0.1, 0.15) is 0 Å². The lowest BCUT2D eigenvalue weighted by Crippen LogP contribution is -2.33. The van der Waals surface area contributed by atoms with Crippen LogP contribution in [-0.4, -0.2) is 54.1 Å². The fourth-order valence-electron chi connectivity index (χ4n) is 2.34. The van der Waals surface area contributed by atoms with Crippen LogP contribution in [0.4, 0.5) is 0 Å². The van der Waals surface area contributed by atoms with E-state index in [4.69, 9.17) is 5.73 Å². The molecule has 0 aromatic carbocycles. The normalized spacial score (nSPS) is 19.1. The maximum Gasteiger partial charge on any atom is 0.0271 e. The summed E-state index contributed by atoms with van der Waals surface area (Å²) < 4.78 is 0. The third-order valence-electron chi connectivity index (χ3n) is 3.28. The Morgan fingerprint density at radius 1 is 1.06 bits per heavy atom. The predicted octanol–water partition coefficient (Wildman–Crippen LogP) is 0.548. The third kappa shape index (κ3) is 4.07. The summed E-state index contributed by atoms with van der Waals surface area (Å²) in [6, 6.07) is 4.20. The van der Waals surface area contributed by atoms with Gasteiger partial charge in [-0.15, -0.1) is 0 Å². The van der Waals surface area contributed by atoms with Crippen LogP contribution in [0.5, 0.6) is 0 Å². The Kier molecular flexibility index (Phi) is 4.91. The van der Waals surface area contributed by atoms with Gasteiger partial charge in [0.2, 0.25) is 0 Å². The number of nitrogens with two attached hydrogens (primary N) is 1. The Morgan fingerprint density at radius 2 is 1.76 bits per heavy atom. The monoisotopic (exact) mass is 234 g/mol. The first-order valence-corrected chi connectivity index (χ1v) is 6.42. The van der Waals surface area contributed by atoms with E-state index in [0.29, 0.717) is 0 Å². The molecule has 0 saturated carbocycles. The van der Waals surface area contributed by atoms with E-state index >= 15 is 0 Å². The molecule has 2 heterocycles. The highest BCUT2D eigenvalue weighted by molar-refractivity contribution is 5.09. The Morgan fingerprint density at radius 3 is 2.53 bits per heavy atom. The first kappa shape index (κ1) is 12.5. The zero-order valence-corrected chi connectivity index (χ0v) is 10.4. The minimum Gasteiger partial charge on any atom is -0.329 e. The highest BCUT2D eigenvalue weighted by Gasteiger charge is 2.13. The van der Waals surface area contributed by atoms with Gasteiger partial charge in [0.05, 0.1) is 0 Å². The van der Waals surface area contributed by atoms with E-state index in [1.54, 1.807) is 0 Å². The minimum atomic E-state index is 0.768. The second-order valence-electron chi connectivity index (χ2n) is 4.62. The number of rotatable bonds is 4. The van der Waals surface area contributed by atoms with E-state index in [2.05, 4.69) is 26.9 Å². The molecule has 0 aliphatic carbocycles. The Balaban J connectivity index is 1.83. The van der Waals surface area contributed by atoms with Crippen LogP contribution >= 0.6 is 0 Å². The Hall–Kier alpha value is -0.970. The summed E-state index contributed by atoms with van der Waals surface area (Å²) in [4.78, 5) is 9.04. The quantitative estimate of drug-likeness (QED) is 0.826. The van der Waals surface area contributed by atoms with Crippen molar-refractivity contribution in [1.82, 2.24) is 14.8 Å². The van der Waals surface area contributed by atoms with Crippen LogP contribution in [0, 0.1) is 0 Å². The van der Waals surface area contributed by atoms with Crippen molar-refractivity contribution >= 4 is 0 Å². The summed E-state index contributed by atoms with van der Waals surface area (Å²) in [6.07, 6.45) is 4.98. The zero-order chi connectivity index (χ0) is 11.9. The highest BCUT2D eigenvalue weighted by Crippen LogP contribution is 2.07. The summed E-state index contributed by atoms with van der Waals surface area (Å²) in [6.45, 7) is 7.49. The van der Waals surface area contributed by atoms with Crippen molar-refractivity contribution in [2.45, 2.75) is 13.0 Å². The van der Waals surface area contributed by atoms with Gasteiger partial charge in [-0.3, -0.25) is 9.88 Å². The molecule has 94 valence electrons. The molecule has 1 aromatic heterocycles. The molecule has 0 bridgehead atoms. The molecule has 0 radical (unpaired) electrons. The van der Waals surface area contributed by atoms with Crippen molar-refractivity contribution in [3.63, 3.8) is 0 Å². The number of hydrogen-bond donors (Lipinski definition) is 1. The minimum absolute atomic E-state index is 0.768. The van der Waals surface area contributed by atoms with E-state index in [1.165, 1.54) is 25.1 Å². The van der Waals surface area contributed by atoms with Gasteiger partial charge in [0.15, 0.2) is 0 Å². The molecule has 0 amide bonds. The molecular formula is C13H22N4. The predicted molar refractivity (Wildman–Crippen MR) is 69.6 cm³/mol. The second-order valence-corrected chi connectivity index (χ2v) is 4.62. The van der Waals surface area contributed by atoms with Crippen LogP contribution in [-0.2, 0) is 6.54 Å². The highest BCUT2D eigenvalue weighted by atomic mass is 15.2. The molecule has 2 rings (SSSR count). The largest absolute Gasteiger partial charge is 0.329 e. The fourth-order valence-corrected chi connectivity index (χ4v) is 2.34. The lowest BCUT2D eigenvalue weighted by atomic mass is 10.2. The van der Waals surface area contributed by atoms with E-state index in [1.807, 2.05) is 12.4 Å². The van der Waals surface area contributed by atoms with Crippen LogP contribution in [0.2, 0.25) is 0 Å². The van der Waals surface area contributed by atoms with Crippen LogP contribution < -0.4 is 5.73 Å². The van der Waals surface area contributed by atoms with Crippen LogP contribution in [0.25, 0.3) is 0 Å². The van der Waals surface area contributed by atoms with Crippen molar-refractivity contribution in [3.05, 3.63) is 30.1 Å². The maximum atomic E-state index is 5.61. The first-order chi connectivity index (χ1) is 8.38. The molecule has 1 aliphatic rings. The Bertz CT molecular complexity index is 314. The number of aromatic nitrogens is 1. The average Bonchev–Trinajstić information content (AvgIpc) is 2.57. The summed E-state index contributed by atoms with van der Waals surface area (Å²) in [7, 11) is 0. The van der Waals surface area contributed by atoms with E-state index < -0.39 is 0 Å². The fraction of sp³-hybridized carbons (Fsp3) is 0.615. The lowest BCUT2D eigenvalue weighted by Gasteiger charge is -2.21. The van der Waals surface area contributed by atoms with Gasteiger partial charge in [0, 0.05) is 45.1 Å². The van der Waals surface area contributed by atoms with Crippen LogP contribution in [0.3, 0.4) is 0 Å². The molecule has 0 atom stereocenters. The molecule has 17 heavy (non-hydrogen) atoms. The number of nitrogens with zero attached hydrogens (tertiary/aromatic N) is 3. The van der Waals surface area contributed by atoms with Gasteiger partial charge in [-0.05, 0) is 37.2 Å². The smallest absolute Gasteiger partial charge is 0.0271 e. The number of pyridine rings is 1. The molecule has 0 spiro atoms. The molecule has 4 heteroatoms. The molecule has 1 saturated heterocycles. The van der Waals surface area contributed by atoms with E-state index in [9.17, 15) is 0 Å².